The Hall–Kier alpha value is -0.940. The van der Waals surface area contributed by atoms with Crippen molar-refractivity contribution >= 4 is 0 Å². The molecule has 4 N–H and O–H groups in total. The smallest absolute Gasteiger partial charge is 0.0650 e. The predicted octanol–water partition coefficient (Wildman–Crippen LogP) is 0.944. The fourth-order valence-electron chi connectivity index (χ4n) is 2.65. The van der Waals surface area contributed by atoms with Gasteiger partial charge in [-0.25, -0.2) is 0 Å². The minimum atomic E-state index is -0.595. The Morgan fingerprint density at radius 3 is 2.74 bits per heavy atom. The summed E-state index contributed by atoms with van der Waals surface area (Å²) in [5, 5.41) is 26.1. The van der Waals surface area contributed by atoms with Gasteiger partial charge in [-0.3, -0.25) is 0 Å². The molecule has 0 bridgehead atoms. The Morgan fingerprint density at radius 1 is 1.32 bits per heavy atom. The zero-order valence-electron chi connectivity index (χ0n) is 11.5. The molecule has 1 atom stereocenters. The van der Waals surface area contributed by atoms with Crippen molar-refractivity contribution < 1.29 is 10.2 Å². The van der Waals surface area contributed by atoms with Crippen molar-refractivity contribution in [3.05, 3.63) is 35.4 Å². The van der Waals surface area contributed by atoms with Crippen LogP contribution in [0.4, 0.5) is 0 Å². The molecule has 0 spiro atoms. The quantitative estimate of drug-likeness (QED) is 0.639. The monoisotopic (exact) mass is 264 g/mol. The van der Waals surface area contributed by atoms with E-state index in [1.807, 2.05) is 19.1 Å². The third-order valence-electron chi connectivity index (χ3n) is 4.12. The Labute approximate surface area is 114 Å². The molecule has 2 rings (SSSR count). The lowest BCUT2D eigenvalue weighted by Gasteiger charge is -2.35. The first-order valence-corrected chi connectivity index (χ1v) is 7.02. The highest BCUT2D eigenvalue weighted by molar-refractivity contribution is 5.31. The lowest BCUT2D eigenvalue weighted by molar-refractivity contribution is 0.0765. The summed E-state index contributed by atoms with van der Waals surface area (Å²) in [5.74, 6) is 0. The third-order valence-corrected chi connectivity index (χ3v) is 4.12. The van der Waals surface area contributed by atoms with Gasteiger partial charge in [-0.1, -0.05) is 31.2 Å². The van der Waals surface area contributed by atoms with E-state index in [9.17, 15) is 10.2 Å². The van der Waals surface area contributed by atoms with Crippen molar-refractivity contribution in [3.63, 3.8) is 0 Å². The molecule has 1 aliphatic rings. The SMILES string of the molecule is CCC(CO)(CO)NC1CCNCc2ccccc21. The van der Waals surface area contributed by atoms with E-state index >= 15 is 0 Å². The van der Waals surface area contributed by atoms with Crippen LogP contribution in [-0.2, 0) is 6.54 Å². The normalized spacial score (nSPS) is 19.8. The molecule has 19 heavy (non-hydrogen) atoms. The summed E-state index contributed by atoms with van der Waals surface area (Å²) in [4.78, 5) is 0. The first-order valence-electron chi connectivity index (χ1n) is 7.02. The van der Waals surface area contributed by atoms with Crippen LogP contribution in [0.15, 0.2) is 24.3 Å². The average molecular weight is 264 g/mol. The molecule has 0 saturated heterocycles. The number of hydrogen-bond donors (Lipinski definition) is 4. The first-order chi connectivity index (χ1) is 9.24. The molecular formula is C15H24N2O2. The van der Waals surface area contributed by atoms with Crippen LogP contribution in [-0.4, -0.2) is 35.5 Å². The molecule has 0 aliphatic carbocycles. The van der Waals surface area contributed by atoms with E-state index in [1.165, 1.54) is 11.1 Å². The first kappa shape index (κ1) is 14.5. The van der Waals surface area contributed by atoms with Crippen LogP contribution in [0.25, 0.3) is 0 Å². The highest BCUT2D eigenvalue weighted by atomic mass is 16.3. The summed E-state index contributed by atoms with van der Waals surface area (Å²) in [7, 11) is 0. The molecule has 0 radical (unpaired) electrons. The number of benzene rings is 1. The largest absolute Gasteiger partial charge is 0.394 e. The van der Waals surface area contributed by atoms with Crippen LogP contribution in [0.3, 0.4) is 0 Å². The minimum Gasteiger partial charge on any atom is -0.394 e. The maximum atomic E-state index is 9.59. The van der Waals surface area contributed by atoms with Crippen molar-refractivity contribution in [2.45, 2.75) is 37.9 Å². The van der Waals surface area contributed by atoms with Gasteiger partial charge in [0.05, 0.1) is 18.8 Å². The second-order valence-corrected chi connectivity index (χ2v) is 5.31. The average Bonchev–Trinajstić information content (AvgIpc) is 2.67. The summed E-state index contributed by atoms with van der Waals surface area (Å²) >= 11 is 0. The van der Waals surface area contributed by atoms with Crippen molar-refractivity contribution in [2.75, 3.05) is 19.8 Å². The third kappa shape index (κ3) is 3.15. The lowest BCUT2D eigenvalue weighted by Crippen LogP contribution is -2.52. The van der Waals surface area contributed by atoms with Gasteiger partial charge in [-0.2, -0.15) is 0 Å². The topological polar surface area (TPSA) is 64.5 Å². The number of nitrogens with one attached hydrogen (secondary N) is 2. The van der Waals surface area contributed by atoms with Gasteiger partial charge in [0.15, 0.2) is 0 Å². The Morgan fingerprint density at radius 2 is 2.05 bits per heavy atom. The Bertz CT molecular complexity index is 397. The molecule has 4 nitrogen and oxygen atoms in total. The number of hydrogen-bond acceptors (Lipinski definition) is 4. The predicted molar refractivity (Wildman–Crippen MR) is 75.8 cm³/mol. The molecule has 0 fully saturated rings. The molecule has 1 aromatic carbocycles. The van der Waals surface area contributed by atoms with Crippen molar-refractivity contribution in [1.82, 2.24) is 10.6 Å². The van der Waals surface area contributed by atoms with Gasteiger partial charge >= 0.3 is 0 Å². The lowest BCUT2D eigenvalue weighted by atomic mass is 9.92. The van der Waals surface area contributed by atoms with E-state index in [2.05, 4.69) is 22.8 Å². The molecule has 1 aromatic rings. The summed E-state index contributed by atoms with van der Waals surface area (Å²) in [5.41, 5.74) is 1.97. The van der Waals surface area contributed by atoms with E-state index in [1.54, 1.807) is 0 Å². The van der Waals surface area contributed by atoms with Gasteiger partial charge in [-0.05, 0) is 30.5 Å². The molecule has 106 valence electrons. The number of aliphatic hydroxyl groups excluding tert-OH is 2. The van der Waals surface area contributed by atoms with Gasteiger partial charge in [-0.15, -0.1) is 0 Å². The van der Waals surface area contributed by atoms with Crippen molar-refractivity contribution in [1.29, 1.82) is 0 Å². The second kappa shape index (κ2) is 6.48. The summed E-state index contributed by atoms with van der Waals surface area (Å²) in [6.45, 7) is 3.70. The molecule has 4 heteroatoms. The van der Waals surface area contributed by atoms with Crippen molar-refractivity contribution in [3.8, 4) is 0 Å². The van der Waals surface area contributed by atoms with Gasteiger partial charge in [0.2, 0.25) is 0 Å². The fraction of sp³-hybridized carbons (Fsp3) is 0.600. The molecule has 1 heterocycles. The Balaban J connectivity index is 2.24. The van der Waals surface area contributed by atoms with Crippen LogP contribution < -0.4 is 10.6 Å². The second-order valence-electron chi connectivity index (χ2n) is 5.31. The molecule has 0 saturated carbocycles. The highest BCUT2D eigenvalue weighted by Crippen LogP contribution is 2.26. The standard InChI is InChI=1S/C15H24N2O2/c1-2-15(10-18,11-19)17-14-7-8-16-9-12-5-3-4-6-13(12)14/h3-6,14,16-19H,2,7-11H2,1H3. The van der Waals surface area contributed by atoms with E-state index in [-0.39, 0.29) is 19.3 Å². The van der Waals surface area contributed by atoms with E-state index < -0.39 is 5.54 Å². The Kier molecular flexibility index (Phi) is 4.93. The number of fused-ring (bicyclic) bond motifs is 1. The maximum Gasteiger partial charge on any atom is 0.0650 e. The maximum absolute atomic E-state index is 9.59. The summed E-state index contributed by atoms with van der Waals surface area (Å²) in [6, 6.07) is 8.53. The molecule has 1 unspecified atom stereocenters. The molecule has 0 aromatic heterocycles. The van der Waals surface area contributed by atoms with Crippen LogP contribution in [0, 0.1) is 0 Å². The molecule has 1 aliphatic heterocycles. The fourth-order valence-corrected chi connectivity index (χ4v) is 2.65. The summed E-state index contributed by atoms with van der Waals surface area (Å²) < 4.78 is 0. The van der Waals surface area contributed by atoms with E-state index in [4.69, 9.17) is 0 Å². The molecule has 0 amide bonds. The molecular weight excluding hydrogens is 240 g/mol. The van der Waals surface area contributed by atoms with E-state index in [0.717, 1.165) is 19.5 Å². The highest BCUT2D eigenvalue weighted by Gasteiger charge is 2.31. The zero-order chi connectivity index (χ0) is 13.7. The zero-order valence-corrected chi connectivity index (χ0v) is 11.5. The summed E-state index contributed by atoms with van der Waals surface area (Å²) in [6.07, 6.45) is 1.66. The van der Waals surface area contributed by atoms with Crippen LogP contribution in [0.1, 0.15) is 36.9 Å². The van der Waals surface area contributed by atoms with Crippen LogP contribution >= 0.6 is 0 Å². The van der Waals surface area contributed by atoms with Crippen LogP contribution in [0.5, 0.6) is 0 Å². The van der Waals surface area contributed by atoms with Crippen molar-refractivity contribution in [2.24, 2.45) is 0 Å². The number of aliphatic hydroxyl groups is 2. The van der Waals surface area contributed by atoms with Gasteiger partial charge in [0, 0.05) is 12.6 Å². The minimum absolute atomic E-state index is 0.0495. The van der Waals surface area contributed by atoms with Gasteiger partial charge in [0.25, 0.3) is 0 Å². The number of rotatable bonds is 5. The van der Waals surface area contributed by atoms with Gasteiger partial charge in [0.1, 0.15) is 0 Å². The van der Waals surface area contributed by atoms with E-state index in [0.29, 0.717) is 6.42 Å². The van der Waals surface area contributed by atoms with Gasteiger partial charge < -0.3 is 20.8 Å². The van der Waals surface area contributed by atoms with Crippen LogP contribution in [0.2, 0.25) is 0 Å².